The summed E-state index contributed by atoms with van der Waals surface area (Å²) >= 11 is 3.78. The highest BCUT2D eigenvalue weighted by atomic mass is 32.1. The van der Waals surface area contributed by atoms with Crippen LogP contribution in [0.2, 0.25) is 0 Å². The molecule has 0 aliphatic rings. The van der Waals surface area contributed by atoms with Gasteiger partial charge in [-0.2, -0.15) is 12.6 Å². The third-order valence-electron chi connectivity index (χ3n) is 2.15. The number of hydrogen-bond donors (Lipinski definition) is 5. The Bertz CT molecular complexity index is 365. The van der Waals surface area contributed by atoms with Crippen LogP contribution in [-0.4, -0.2) is 53.9 Å². The third kappa shape index (κ3) is 8.32. The Kier molecular flexibility index (Phi) is 9.13. The van der Waals surface area contributed by atoms with Gasteiger partial charge in [0.1, 0.15) is 6.04 Å². The Balaban J connectivity index is 3.91. The minimum Gasteiger partial charge on any atom is -0.480 e. The van der Waals surface area contributed by atoms with Crippen molar-refractivity contribution in [2.24, 2.45) is 5.73 Å². The first-order chi connectivity index (χ1) is 9.40. The van der Waals surface area contributed by atoms with E-state index in [1.165, 1.54) is 0 Å². The molecule has 0 heterocycles. The molecule has 9 nitrogen and oxygen atoms in total. The van der Waals surface area contributed by atoms with Crippen LogP contribution in [0.25, 0.3) is 0 Å². The zero-order valence-electron chi connectivity index (χ0n) is 10.6. The Morgan fingerprint density at radius 3 is 2.50 bits per heavy atom. The maximum Gasteiger partial charge on any atom is 0.327 e. The average molecular weight is 307 g/mol. The second-order valence-electron chi connectivity index (χ2n) is 3.73. The van der Waals surface area contributed by atoms with E-state index in [2.05, 4.69) is 28.0 Å². The van der Waals surface area contributed by atoms with Crippen molar-refractivity contribution >= 4 is 36.9 Å². The van der Waals surface area contributed by atoms with Crippen LogP contribution in [0.3, 0.4) is 0 Å². The van der Waals surface area contributed by atoms with Crippen LogP contribution < -0.4 is 16.4 Å². The summed E-state index contributed by atoms with van der Waals surface area (Å²) in [5.41, 5.74) is 5.32. The number of hydrogen-bond acceptors (Lipinski definition) is 7. The van der Waals surface area contributed by atoms with E-state index in [0.717, 1.165) is 0 Å². The highest BCUT2D eigenvalue weighted by Crippen LogP contribution is 1.94. The van der Waals surface area contributed by atoms with Crippen LogP contribution in [-0.2, 0) is 23.9 Å². The molecular weight excluding hydrogens is 290 g/mol. The lowest BCUT2D eigenvalue weighted by atomic mass is 10.2. The molecule has 114 valence electrons. The molecule has 0 aliphatic heterocycles. The zero-order chi connectivity index (χ0) is 15.5. The van der Waals surface area contributed by atoms with E-state index in [1.807, 2.05) is 0 Å². The highest BCUT2D eigenvalue weighted by molar-refractivity contribution is 7.80. The lowest BCUT2D eigenvalue weighted by molar-refractivity contribution is -0.141. The first kappa shape index (κ1) is 18.2. The molecule has 0 saturated carbocycles. The summed E-state index contributed by atoms with van der Waals surface area (Å²) in [6, 6.07) is -1.11. The monoisotopic (exact) mass is 307 g/mol. The van der Waals surface area contributed by atoms with Gasteiger partial charge >= 0.3 is 5.97 Å². The summed E-state index contributed by atoms with van der Waals surface area (Å²) in [4.78, 5) is 43.3. The number of aliphatic carboxylic acids is 1. The predicted molar refractivity (Wildman–Crippen MR) is 70.8 cm³/mol. The lowest BCUT2D eigenvalue weighted by Crippen LogP contribution is -2.46. The average Bonchev–Trinajstić information content (AvgIpc) is 2.40. The first-order valence-electron chi connectivity index (χ1n) is 5.65. The molecule has 0 aromatic rings. The number of rotatable bonds is 10. The smallest absolute Gasteiger partial charge is 0.327 e. The summed E-state index contributed by atoms with van der Waals surface area (Å²) < 4.78 is 4.38. The SMILES string of the molecule is N[C@@H](CCC(=O)NCC(=O)N[C@H](CS)C(=O)O)OC=O. The molecule has 0 rings (SSSR count). The number of carbonyl (C=O) groups is 4. The van der Waals surface area contributed by atoms with Crippen LogP contribution in [0.15, 0.2) is 0 Å². The van der Waals surface area contributed by atoms with Crippen molar-refractivity contribution in [1.82, 2.24) is 10.6 Å². The molecule has 20 heavy (non-hydrogen) atoms. The van der Waals surface area contributed by atoms with Crippen LogP contribution in [0, 0.1) is 0 Å². The van der Waals surface area contributed by atoms with Crippen LogP contribution in [0.4, 0.5) is 0 Å². The summed E-state index contributed by atoms with van der Waals surface area (Å²) in [6.07, 6.45) is -0.801. The molecule has 5 N–H and O–H groups in total. The van der Waals surface area contributed by atoms with Gasteiger partial charge in [0.2, 0.25) is 11.8 Å². The number of thiol groups is 1. The fourth-order valence-electron chi connectivity index (χ4n) is 1.11. The Morgan fingerprint density at radius 1 is 1.35 bits per heavy atom. The van der Waals surface area contributed by atoms with E-state index in [-0.39, 0.29) is 31.6 Å². The Hall–Kier alpha value is -1.81. The van der Waals surface area contributed by atoms with E-state index in [4.69, 9.17) is 10.8 Å². The largest absolute Gasteiger partial charge is 0.480 e. The van der Waals surface area contributed by atoms with Gasteiger partial charge in [-0.1, -0.05) is 0 Å². The van der Waals surface area contributed by atoms with Crippen molar-refractivity contribution in [3.63, 3.8) is 0 Å². The molecule has 0 aromatic heterocycles. The maximum atomic E-state index is 11.3. The molecule has 0 fully saturated rings. The van der Waals surface area contributed by atoms with Crippen molar-refractivity contribution in [3.8, 4) is 0 Å². The van der Waals surface area contributed by atoms with Gasteiger partial charge in [-0.15, -0.1) is 0 Å². The van der Waals surface area contributed by atoms with Gasteiger partial charge in [-0.25, -0.2) is 4.79 Å². The fourth-order valence-corrected chi connectivity index (χ4v) is 1.36. The summed E-state index contributed by atoms with van der Waals surface area (Å²) in [5.74, 6) is -2.39. The van der Waals surface area contributed by atoms with Gasteiger partial charge in [0.05, 0.1) is 6.54 Å². The number of amides is 2. The molecule has 10 heteroatoms. The molecule has 0 radical (unpaired) electrons. The van der Waals surface area contributed by atoms with Crippen LogP contribution in [0.5, 0.6) is 0 Å². The molecule has 0 saturated heterocycles. The Labute approximate surface area is 120 Å². The number of carbonyl (C=O) groups excluding carboxylic acids is 3. The van der Waals surface area contributed by atoms with Gasteiger partial charge < -0.3 is 20.5 Å². The number of ether oxygens (including phenoxy) is 1. The fraction of sp³-hybridized carbons (Fsp3) is 0.600. The van der Waals surface area contributed by atoms with Gasteiger partial charge in [0.25, 0.3) is 6.47 Å². The highest BCUT2D eigenvalue weighted by Gasteiger charge is 2.18. The lowest BCUT2D eigenvalue weighted by Gasteiger charge is -2.12. The summed E-state index contributed by atoms with van der Waals surface area (Å²) in [6.45, 7) is -0.181. The summed E-state index contributed by atoms with van der Waals surface area (Å²) in [5, 5.41) is 13.1. The van der Waals surface area contributed by atoms with Crippen LogP contribution in [0.1, 0.15) is 12.8 Å². The minimum atomic E-state index is -1.21. The second-order valence-corrected chi connectivity index (χ2v) is 4.09. The van der Waals surface area contributed by atoms with Crippen molar-refractivity contribution in [2.75, 3.05) is 12.3 Å². The van der Waals surface area contributed by atoms with E-state index in [9.17, 15) is 19.2 Å². The van der Waals surface area contributed by atoms with E-state index >= 15 is 0 Å². The normalized spacial score (nSPS) is 12.9. The number of carboxylic acid groups (broad SMARTS) is 1. The molecule has 0 aromatic carbocycles. The van der Waals surface area contributed by atoms with E-state index in [0.29, 0.717) is 0 Å². The van der Waals surface area contributed by atoms with Crippen molar-refractivity contribution in [2.45, 2.75) is 25.1 Å². The van der Waals surface area contributed by atoms with Crippen molar-refractivity contribution in [1.29, 1.82) is 0 Å². The predicted octanol–water partition coefficient (Wildman–Crippen LogP) is -2.16. The van der Waals surface area contributed by atoms with Crippen molar-refractivity contribution in [3.05, 3.63) is 0 Å². The van der Waals surface area contributed by atoms with Crippen molar-refractivity contribution < 1.29 is 29.0 Å². The van der Waals surface area contributed by atoms with Crippen LogP contribution >= 0.6 is 12.6 Å². The standard InChI is InChI=1S/C10H17N3O6S/c11-7(19-5-14)1-2-8(15)12-3-9(16)13-6(4-20)10(17)18/h5-7,20H,1-4,11H2,(H,12,15)(H,13,16)(H,17,18)/t6-,7-/m1/s1. The molecule has 2 atom stereocenters. The first-order valence-corrected chi connectivity index (χ1v) is 6.28. The molecule has 0 unspecified atom stereocenters. The third-order valence-corrected chi connectivity index (χ3v) is 2.51. The van der Waals surface area contributed by atoms with Gasteiger partial charge in [-0.05, 0) is 0 Å². The minimum absolute atomic E-state index is 0.0305. The molecular formula is C10H17N3O6S. The van der Waals surface area contributed by atoms with Gasteiger partial charge in [0, 0.05) is 18.6 Å². The molecule has 0 bridgehead atoms. The topological polar surface area (TPSA) is 148 Å². The van der Waals surface area contributed by atoms with E-state index in [1.54, 1.807) is 0 Å². The molecule has 2 amide bonds. The zero-order valence-corrected chi connectivity index (χ0v) is 11.5. The van der Waals surface area contributed by atoms with Gasteiger partial charge in [0.15, 0.2) is 6.23 Å². The molecule has 0 spiro atoms. The Morgan fingerprint density at radius 2 is 2.00 bits per heavy atom. The number of nitrogens with one attached hydrogen (secondary N) is 2. The second kappa shape index (κ2) is 10.0. The number of carboxylic acids is 1. The summed E-state index contributed by atoms with van der Waals surface area (Å²) in [7, 11) is 0. The number of nitrogens with two attached hydrogens (primary N) is 1. The van der Waals surface area contributed by atoms with E-state index < -0.39 is 30.1 Å². The molecule has 0 aliphatic carbocycles. The maximum absolute atomic E-state index is 11.3. The van der Waals surface area contributed by atoms with Gasteiger partial charge in [-0.3, -0.25) is 20.1 Å². The quantitative estimate of drug-likeness (QED) is 0.175.